The van der Waals surface area contributed by atoms with Gasteiger partial charge in [-0.15, -0.1) is 0 Å². The molecule has 100 valence electrons. The van der Waals surface area contributed by atoms with Crippen LogP contribution >= 0.6 is 23.2 Å². The van der Waals surface area contributed by atoms with Crippen LogP contribution in [0.5, 0.6) is 0 Å². The summed E-state index contributed by atoms with van der Waals surface area (Å²) in [5, 5.41) is 3.52. The first-order valence-electron chi connectivity index (χ1n) is 5.98. The van der Waals surface area contributed by atoms with Crippen molar-refractivity contribution in [2.24, 2.45) is 5.92 Å². The molecule has 0 radical (unpaired) electrons. The Morgan fingerprint density at radius 2 is 2.16 bits per heavy atom. The quantitative estimate of drug-likeness (QED) is 0.854. The van der Waals surface area contributed by atoms with Crippen LogP contribution in [-0.2, 0) is 19.7 Å². The molecule has 1 N–H and O–H groups in total. The maximum atomic E-state index is 12.2. The van der Waals surface area contributed by atoms with Crippen LogP contribution in [0.15, 0.2) is 12.1 Å². The highest BCUT2D eigenvalue weighted by Crippen LogP contribution is 2.61. The van der Waals surface area contributed by atoms with Crippen molar-refractivity contribution in [2.45, 2.75) is 18.8 Å². The van der Waals surface area contributed by atoms with Crippen LogP contribution in [0.3, 0.4) is 0 Å². The normalized spacial score (nSPS) is 27.1. The van der Waals surface area contributed by atoms with Crippen molar-refractivity contribution < 1.29 is 14.3 Å². The number of anilines is 1. The SMILES string of the molecule is CCOC(=O)C1CC12C(=O)Nc1cc(Cl)c(Cl)cc12. The van der Waals surface area contributed by atoms with Crippen molar-refractivity contribution in [2.75, 3.05) is 11.9 Å². The monoisotopic (exact) mass is 299 g/mol. The third-order valence-corrected chi connectivity index (χ3v) is 4.45. The van der Waals surface area contributed by atoms with Crippen molar-refractivity contribution in [1.82, 2.24) is 0 Å². The lowest BCUT2D eigenvalue weighted by atomic mass is 9.95. The number of carbonyl (C=O) groups is 2. The summed E-state index contributed by atoms with van der Waals surface area (Å²) in [7, 11) is 0. The molecule has 0 bridgehead atoms. The van der Waals surface area contributed by atoms with Crippen LogP contribution in [0, 0.1) is 5.92 Å². The molecule has 1 amide bonds. The Labute approximate surface area is 120 Å². The van der Waals surface area contributed by atoms with E-state index in [2.05, 4.69) is 5.32 Å². The lowest BCUT2D eigenvalue weighted by molar-refractivity contribution is -0.146. The second-order valence-corrected chi connectivity index (χ2v) is 5.56. The Balaban J connectivity index is 2.01. The van der Waals surface area contributed by atoms with E-state index in [-0.39, 0.29) is 11.9 Å². The van der Waals surface area contributed by atoms with E-state index >= 15 is 0 Å². The molecule has 2 aliphatic rings. The zero-order valence-corrected chi connectivity index (χ0v) is 11.6. The number of carbonyl (C=O) groups excluding carboxylic acids is 2. The van der Waals surface area contributed by atoms with Gasteiger partial charge in [0.15, 0.2) is 0 Å². The van der Waals surface area contributed by atoms with E-state index in [1.54, 1.807) is 19.1 Å². The fraction of sp³-hybridized carbons (Fsp3) is 0.385. The summed E-state index contributed by atoms with van der Waals surface area (Å²) in [4.78, 5) is 24.0. The maximum absolute atomic E-state index is 12.2. The van der Waals surface area contributed by atoms with Crippen molar-refractivity contribution in [3.05, 3.63) is 27.7 Å². The van der Waals surface area contributed by atoms with Crippen LogP contribution in [0.25, 0.3) is 0 Å². The number of esters is 1. The molecule has 1 spiro atoms. The van der Waals surface area contributed by atoms with Gasteiger partial charge < -0.3 is 10.1 Å². The molecule has 1 saturated carbocycles. The first-order valence-corrected chi connectivity index (χ1v) is 6.74. The predicted molar refractivity (Wildman–Crippen MR) is 71.5 cm³/mol. The first-order chi connectivity index (χ1) is 9.00. The third-order valence-electron chi connectivity index (χ3n) is 3.73. The number of ether oxygens (including phenoxy) is 1. The van der Waals surface area contributed by atoms with Crippen LogP contribution < -0.4 is 5.32 Å². The number of amides is 1. The summed E-state index contributed by atoms with van der Waals surface area (Å²) >= 11 is 11.9. The molecule has 1 aliphatic carbocycles. The zero-order valence-electron chi connectivity index (χ0n) is 10.1. The average molecular weight is 300 g/mol. The molecule has 2 atom stereocenters. The number of hydrogen-bond donors (Lipinski definition) is 1. The van der Waals surface area contributed by atoms with Crippen molar-refractivity contribution in [3.8, 4) is 0 Å². The van der Waals surface area contributed by atoms with Crippen LogP contribution in [0.2, 0.25) is 10.0 Å². The van der Waals surface area contributed by atoms with Gasteiger partial charge in [-0.25, -0.2) is 0 Å². The molecule has 3 rings (SSSR count). The van der Waals surface area contributed by atoms with E-state index in [1.165, 1.54) is 0 Å². The number of rotatable bonds is 2. The van der Waals surface area contributed by atoms with E-state index in [0.29, 0.717) is 28.8 Å². The molecule has 1 heterocycles. The molecule has 1 fully saturated rings. The topological polar surface area (TPSA) is 55.4 Å². The minimum atomic E-state index is -0.810. The molecule has 1 aliphatic heterocycles. The molecular formula is C13H11Cl2NO3. The fourth-order valence-electron chi connectivity index (χ4n) is 2.71. The molecule has 0 saturated heterocycles. The Morgan fingerprint density at radius 1 is 1.47 bits per heavy atom. The predicted octanol–water partition coefficient (Wildman–Crippen LogP) is 2.77. The third kappa shape index (κ3) is 1.66. The summed E-state index contributed by atoms with van der Waals surface area (Å²) in [5.41, 5.74) is 0.562. The zero-order chi connectivity index (χ0) is 13.8. The molecule has 1 aromatic rings. The summed E-state index contributed by atoms with van der Waals surface area (Å²) in [5.74, 6) is -0.943. The molecule has 6 heteroatoms. The number of fused-ring (bicyclic) bond motifs is 2. The number of halogens is 2. The molecule has 19 heavy (non-hydrogen) atoms. The van der Waals surface area contributed by atoms with Crippen LogP contribution in [0.1, 0.15) is 18.9 Å². The van der Waals surface area contributed by atoms with Gasteiger partial charge in [0, 0.05) is 5.69 Å². The van der Waals surface area contributed by atoms with Crippen molar-refractivity contribution in [3.63, 3.8) is 0 Å². The molecular weight excluding hydrogens is 289 g/mol. The first kappa shape index (κ1) is 12.8. The Bertz CT molecular complexity index is 602. The van der Waals surface area contributed by atoms with Gasteiger partial charge in [-0.2, -0.15) is 0 Å². The van der Waals surface area contributed by atoms with E-state index in [4.69, 9.17) is 27.9 Å². The second kappa shape index (κ2) is 4.12. The van der Waals surface area contributed by atoms with Gasteiger partial charge in [-0.1, -0.05) is 23.2 Å². The summed E-state index contributed by atoms with van der Waals surface area (Å²) in [6.45, 7) is 2.05. The van der Waals surface area contributed by atoms with Crippen molar-refractivity contribution >= 4 is 40.8 Å². The smallest absolute Gasteiger partial charge is 0.310 e. The summed E-state index contributed by atoms with van der Waals surface area (Å²) in [6, 6.07) is 3.28. The van der Waals surface area contributed by atoms with Gasteiger partial charge in [0.25, 0.3) is 0 Å². The van der Waals surface area contributed by atoms with E-state index in [9.17, 15) is 9.59 Å². The average Bonchev–Trinajstić information content (AvgIpc) is 3.04. The number of benzene rings is 1. The highest BCUT2D eigenvalue weighted by atomic mass is 35.5. The van der Waals surface area contributed by atoms with Gasteiger partial charge in [0.2, 0.25) is 5.91 Å². The molecule has 1 aromatic carbocycles. The minimum absolute atomic E-state index is 0.182. The van der Waals surface area contributed by atoms with Crippen molar-refractivity contribution in [1.29, 1.82) is 0 Å². The van der Waals surface area contributed by atoms with Crippen LogP contribution in [-0.4, -0.2) is 18.5 Å². The fourth-order valence-corrected chi connectivity index (χ4v) is 3.04. The largest absolute Gasteiger partial charge is 0.466 e. The molecule has 2 unspecified atom stereocenters. The summed E-state index contributed by atoms with van der Waals surface area (Å²) in [6.07, 6.45) is 0.461. The summed E-state index contributed by atoms with van der Waals surface area (Å²) < 4.78 is 4.99. The standard InChI is InChI=1S/C13H11Cl2NO3/c1-2-19-11(17)7-5-13(7)6-3-8(14)9(15)4-10(6)16-12(13)18/h3-4,7H,2,5H2,1H3,(H,16,18). The van der Waals surface area contributed by atoms with Crippen LogP contribution in [0.4, 0.5) is 5.69 Å². The minimum Gasteiger partial charge on any atom is -0.466 e. The Morgan fingerprint density at radius 3 is 2.84 bits per heavy atom. The molecule has 4 nitrogen and oxygen atoms in total. The Kier molecular flexibility index (Phi) is 2.76. The van der Waals surface area contributed by atoms with Gasteiger partial charge in [0.1, 0.15) is 0 Å². The van der Waals surface area contributed by atoms with Gasteiger partial charge in [-0.05, 0) is 31.0 Å². The maximum Gasteiger partial charge on any atom is 0.310 e. The Hall–Kier alpha value is -1.26. The van der Waals surface area contributed by atoms with E-state index in [1.807, 2.05) is 0 Å². The number of hydrogen-bond acceptors (Lipinski definition) is 3. The lowest BCUT2D eigenvalue weighted by Crippen LogP contribution is -2.25. The highest BCUT2D eigenvalue weighted by Gasteiger charge is 2.68. The second-order valence-electron chi connectivity index (χ2n) is 4.75. The lowest BCUT2D eigenvalue weighted by Gasteiger charge is -2.08. The number of nitrogens with one attached hydrogen (secondary N) is 1. The molecule has 0 aromatic heterocycles. The van der Waals surface area contributed by atoms with E-state index in [0.717, 1.165) is 5.56 Å². The highest BCUT2D eigenvalue weighted by molar-refractivity contribution is 6.42. The van der Waals surface area contributed by atoms with Gasteiger partial charge >= 0.3 is 5.97 Å². The van der Waals surface area contributed by atoms with Gasteiger partial charge in [0.05, 0.1) is 28.0 Å². The van der Waals surface area contributed by atoms with Gasteiger partial charge in [-0.3, -0.25) is 9.59 Å². The van der Waals surface area contributed by atoms with E-state index < -0.39 is 11.3 Å².